The molecule has 3 heteroatoms. The fraction of sp³-hybridized carbons (Fsp3) is 1.00. The predicted octanol–water partition coefficient (Wildman–Crippen LogP) is 1.24. The largest absolute Gasteiger partial charge is 0.380 e. The first kappa shape index (κ1) is 11.4. The molecule has 3 nitrogen and oxygen atoms in total. The summed E-state index contributed by atoms with van der Waals surface area (Å²) >= 11 is 0. The first-order valence-corrected chi connectivity index (χ1v) is 6.23. The Balaban J connectivity index is 1.92. The number of ether oxygens (including phenoxy) is 1. The number of rotatable bonds is 3. The molecule has 2 heterocycles. The van der Waals surface area contributed by atoms with Gasteiger partial charge in [0.1, 0.15) is 0 Å². The molecule has 0 aromatic heterocycles. The van der Waals surface area contributed by atoms with Crippen molar-refractivity contribution >= 4 is 0 Å². The average molecular weight is 212 g/mol. The number of fused-ring (bicyclic) bond motifs is 2. The van der Waals surface area contributed by atoms with Crippen molar-refractivity contribution in [3.63, 3.8) is 0 Å². The highest BCUT2D eigenvalue weighted by molar-refractivity contribution is 4.91. The number of methoxy groups -OCH3 is 1. The van der Waals surface area contributed by atoms with Gasteiger partial charge in [0, 0.05) is 38.3 Å². The third-order valence-corrected chi connectivity index (χ3v) is 4.18. The SMILES string of the molecule is COC(C)C(C)N1CCC2CCC(C1)N2. The van der Waals surface area contributed by atoms with E-state index in [9.17, 15) is 0 Å². The van der Waals surface area contributed by atoms with Gasteiger partial charge in [-0.05, 0) is 33.1 Å². The molecule has 0 amide bonds. The summed E-state index contributed by atoms with van der Waals surface area (Å²) in [6.45, 7) is 6.88. The summed E-state index contributed by atoms with van der Waals surface area (Å²) < 4.78 is 5.42. The zero-order valence-electron chi connectivity index (χ0n) is 10.2. The van der Waals surface area contributed by atoms with Crippen LogP contribution in [0.5, 0.6) is 0 Å². The second-order valence-electron chi connectivity index (χ2n) is 5.10. The van der Waals surface area contributed by atoms with Crippen LogP contribution in [0.3, 0.4) is 0 Å². The van der Waals surface area contributed by atoms with Crippen LogP contribution in [-0.2, 0) is 4.74 Å². The number of nitrogens with one attached hydrogen (secondary N) is 1. The molecule has 2 saturated heterocycles. The van der Waals surface area contributed by atoms with Gasteiger partial charge >= 0.3 is 0 Å². The number of nitrogens with zero attached hydrogens (tertiary/aromatic N) is 1. The van der Waals surface area contributed by atoms with E-state index >= 15 is 0 Å². The van der Waals surface area contributed by atoms with Crippen molar-refractivity contribution in [3.8, 4) is 0 Å². The third-order valence-electron chi connectivity index (χ3n) is 4.18. The van der Waals surface area contributed by atoms with Crippen LogP contribution in [0.4, 0.5) is 0 Å². The van der Waals surface area contributed by atoms with Gasteiger partial charge in [-0.15, -0.1) is 0 Å². The van der Waals surface area contributed by atoms with E-state index in [1.165, 1.54) is 32.4 Å². The van der Waals surface area contributed by atoms with Gasteiger partial charge < -0.3 is 10.1 Å². The fourth-order valence-electron chi connectivity index (χ4n) is 2.83. The van der Waals surface area contributed by atoms with Crippen LogP contribution >= 0.6 is 0 Å². The minimum absolute atomic E-state index is 0.335. The van der Waals surface area contributed by atoms with Crippen molar-refractivity contribution in [2.45, 2.75) is 57.3 Å². The minimum Gasteiger partial charge on any atom is -0.380 e. The Morgan fingerprint density at radius 1 is 1.20 bits per heavy atom. The van der Waals surface area contributed by atoms with Crippen molar-refractivity contribution in [1.82, 2.24) is 10.2 Å². The van der Waals surface area contributed by atoms with E-state index in [0.717, 1.165) is 12.1 Å². The Morgan fingerprint density at radius 3 is 2.67 bits per heavy atom. The Hall–Kier alpha value is -0.120. The van der Waals surface area contributed by atoms with Crippen molar-refractivity contribution in [2.75, 3.05) is 20.2 Å². The molecule has 2 aliphatic rings. The minimum atomic E-state index is 0.335. The summed E-state index contributed by atoms with van der Waals surface area (Å²) in [5, 5.41) is 3.71. The predicted molar refractivity (Wildman–Crippen MR) is 62.1 cm³/mol. The quantitative estimate of drug-likeness (QED) is 0.761. The highest BCUT2D eigenvalue weighted by Gasteiger charge is 2.32. The Morgan fingerprint density at radius 2 is 1.93 bits per heavy atom. The first-order chi connectivity index (χ1) is 7.20. The van der Waals surface area contributed by atoms with Crippen molar-refractivity contribution < 1.29 is 4.74 Å². The Kier molecular flexibility index (Phi) is 3.65. The van der Waals surface area contributed by atoms with Crippen LogP contribution in [0.1, 0.15) is 33.1 Å². The van der Waals surface area contributed by atoms with E-state index in [-0.39, 0.29) is 0 Å². The topological polar surface area (TPSA) is 24.5 Å². The standard InChI is InChI=1S/C12H24N2O/c1-9(10(2)15-3)14-7-6-11-4-5-12(8-14)13-11/h9-13H,4-8H2,1-3H3. The average Bonchev–Trinajstić information content (AvgIpc) is 2.56. The molecule has 2 fully saturated rings. The van der Waals surface area contributed by atoms with Gasteiger partial charge in [-0.2, -0.15) is 0 Å². The Labute approximate surface area is 93.2 Å². The van der Waals surface area contributed by atoms with Crippen LogP contribution in [0.2, 0.25) is 0 Å². The lowest BCUT2D eigenvalue weighted by Gasteiger charge is -2.33. The van der Waals surface area contributed by atoms with E-state index in [2.05, 4.69) is 24.1 Å². The van der Waals surface area contributed by atoms with Gasteiger partial charge in [-0.3, -0.25) is 4.90 Å². The lowest BCUT2D eigenvalue weighted by Crippen LogP contribution is -2.45. The van der Waals surface area contributed by atoms with Crippen molar-refractivity contribution in [3.05, 3.63) is 0 Å². The molecule has 0 aliphatic carbocycles. The van der Waals surface area contributed by atoms with E-state index in [1.54, 1.807) is 0 Å². The van der Waals surface area contributed by atoms with Crippen LogP contribution in [0.25, 0.3) is 0 Å². The zero-order valence-corrected chi connectivity index (χ0v) is 10.2. The van der Waals surface area contributed by atoms with E-state index in [4.69, 9.17) is 4.74 Å². The molecule has 0 spiro atoms. The Bertz CT molecular complexity index is 210. The first-order valence-electron chi connectivity index (χ1n) is 6.23. The number of hydrogen-bond donors (Lipinski definition) is 1. The molecule has 88 valence electrons. The number of likely N-dealkylation sites (tertiary alicyclic amines) is 1. The maximum atomic E-state index is 5.42. The summed E-state index contributed by atoms with van der Waals surface area (Å²) in [4.78, 5) is 2.59. The monoisotopic (exact) mass is 212 g/mol. The third kappa shape index (κ3) is 2.52. The maximum absolute atomic E-state index is 5.42. The van der Waals surface area contributed by atoms with Crippen LogP contribution in [-0.4, -0.2) is 49.3 Å². The normalized spacial score (nSPS) is 36.2. The van der Waals surface area contributed by atoms with Crippen molar-refractivity contribution in [2.24, 2.45) is 0 Å². The van der Waals surface area contributed by atoms with Gasteiger partial charge in [0.25, 0.3) is 0 Å². The summed E-state index contributed by atoms with van der Waals surface area (Å²) in [6.07, 6.45) is 4.38. The molecule has 0 radical (unpaired) electrons. The molecule has 4 unspecified atom stereocenters. The summed E-state index contributed by atoms with van der Waals surface area (Å²) in [6, 6.07) is 2.05. The number of hydrogen-bond acceptors (Lipinski definition) is 3. The molecule has 0 aromatic rings. The van der Waals surface area contributed by atoms with Gasteiger partial charge in [-0.1, -0.05) is 0 Å². The lowest BCUT2D eigenvalue weighted by atomic mass is 10.1. The van der Waals surface area contributed by atoms with E-state index in [0.29, 0.717) is 12.1 Å². The highest BCUT2D eigenvalue weighted by Crippen LogP contribution is 2.22. The lowest BCUT2D eigenvalue weighted by molar-refractivity contribution is 0.0315. The van der Waals surface area contributed by atoms with Gasteiger partial charge in [-0.25, -0.2) is 0 Å². The second-order valence-corrected chi connectivity index (χ2v) is 5.10. The molecule has 2 aliphatic heterocycles. The fourth-order valence-corrected chi connectivity index (χ4v) is 2.83. The maximum Gasteiger partial charge on any atom is 0.0695 e. The summed E-state index contributed by atoms with van der Waals surface area (Å²) in [5.74, 6) is 0. The summed E-state index contributed by atoms with van der Waals surface area (Å²) in [7, 11) is 1.81. The molecule has 0 saturated carbocycles. The molecular weight excluding hydrogens is 188 g/mol. The smallest absolute Gasteiger partial charge is 0.0695 e. The van der Waals surface area contributed by atoms with Crippen molar-refractivity contribution in [1.29, 1.82) is 0 Å². The molecule has 1 N–H and O–H groups in total. The second kappa shape index (κ2) is 4.81. The van der Waals surface area contributed by atoms with Gasteiger partial charge in [0.05, 0.1) is 6.10 Å². The highest BCUT2D eigenvalue weighted by atomic mass is 16.5. The molecule has 2 rings (SSSR count). The molecule has 2 bridgehead atoms. The zero-order chi connectivity index (χ0) is 10.8. The van der Waals surface area contributed by atoms with Crippen LogP contribution in [0, 0.1) is 0 Å². The molecule has 15 heavy (non-hydrogen) atoms. The summed E-state index contributed by atoms with van der Waals surface area (Å²) in [5.41, 5.74) is 0. The van der Waals surface area contributed by atoms with Crippen LogP contribution in [0.15, 0.2) is 0 Å². The molecule has 0 aromatic carbocycles. The van der Waals surface area contributed by atoms with Gasteiger partial charge in [0.15, 0.2) is 0 Å². The van der Waals surface area contributed by atoms with Crippen LogP contribution < -0.4 is 5.32 Å². The van der Waals surface area contributed by atoms with E-state index < -0.39 is 0 Å². The van der Waals surface area contributed by atoms with E-state index in [1.807, 2.05) is 7.11 Å². The molecular formula is C12H24N2O. The van der Waals surface area contributed by atoms with Gasteiger partial charge in [0.2, 0.25) is 0 Å². The molecule has 4 atom stereocenters.